The average molecular weight is 501 g/mol. The summed E-state index contributed by atoms with van der Waals surface area (Å²) in [4.78, 5) is 13.0. The van der Waals surface area contributed by atoms with Crippen LogP contribution in [-0.4, -0.2) is 71.2 Å². The van der Waals surface area contributed by atoms with Crippen molar-refractivity contribution in [1.82, 2.24) is 19.3 Å². The minimum Gasteiger partial charge on any atom is -0.476 e. The second kappa shape index (κ2) is 8.48. The van der Waals surface area contributed by atoms with Crippen LogP contribution in [0, 0.1) is 0 Å². The predicted octanol–water partition coefficient (Wildman–Crippen LogP) is 2.14. The second-order valence-corrected chi connectivity index (χ2v) is 9.27. The van der Waals surface area contributed by atoms with Crippen LogP contribution < -0.4 is 4.90 Å². The first-order valence-electron chi connectivity index (χ1n) is 9.22. The van der Waals surface area contributed by atoms with E-state index in [1.54, 1.807) is 0 Å². The Hall–Kier alpha value is -2.88. The Bertz CT molecular complexity index is 1120. The van der Waals surface area contributed by atoms with Crippen LogP contribution >= 0.6 is 0 Å². The molecule has 2 aromatic rings. The van der Waals surface area contributed by atoms with Crippen LogP contribution in [0.4, 0.5) is 32.2 Å². The third-order valence-electron chi connectivity index (χ3n) is 4.90. The maximum absolute atomic E-state index is 13.1. The normalized spacial score (nSPS) is 16.3. The van der Waals surface area contributed by atoms with E-state index in [0.717, 1.165) is 15.2 Å². The fourth-order valence-corrected chi connectivity index (χ4v) is 4.21. The van der Waals surface area contributed by atoms with Gasteiger partial charge in [0.1, 0.15) is 0 Å². The topological polar surface area (TPSA) is 109 Å². The number of piperazine rings is 1. The van der Waals surface area contributed by atoms with Gasteiger partial charge in [0.05, 0.1) is 23.9 Å². The van der Waals surface area contributed by atoms with E-state index in [9.17, 15) is 44.7 Å². The fraction of sp³-hybridized carbons (Fsp3) is 0.471. The van der Waals surface area contributed by atoms with Gasteiger partial charge in [-0.25, -0.2) is 17.9 Å². The number of anilines is 1. The van der Waals surface area contributed by atoms with E-state index in [2.05, 4.69) is 10.3 Å². The van der Waals surface area contributed by atoms with E-state index >= 15 is 0 Å². The molecule has 1 aromatic heterocycles. The van der Waals surface area contributed by atoms with E-state index in [-0.39, 0.29) is 38.1 Å². The highest BCUT2D eigenvalue weighted by molar-refractivity contribution is 7.88. The van der Waals surface area contributed by atoms with E-state index in [1.165, 1.54) is 4.90 Å². The largest absolute Gasteiger partial charge is 0.476 e. The van der Waals surface area contributed by atoms with Gasteiger partial charge < -0.3 is 10.0 Å². The Balaban J connectivity index is 2.00. The molecule has 0 radical (unpaired) electrons. The minimum absolute atomic E-state index is 0.00907. The number of rotatable bonds is 5. The smallest absolute Gasteiger partial charge is 0.416 e. The van der Waals surface area contributed by atoms with Crippen molar-refractivity contribution in [3.8, 4) is 0 Å². The van der Waals surface area contributed by atoms with E-state index in [4.69, 9.17) is 0 Å². The van der Waals surface area contributed by atoms with E-state index in [1.807, 2.05) is 0 Å². The predicted molar refractivity (Wildman–Crippen MR) is 101 cm³/mol. The molecule has 182 valence electrons. The zero-order chi connectivity index (χ0) is 24.8. The van der Waals surface area contributed by atoms with Crippen molar-refractivity contribution in [2.45, 2.75) is 18.9 Å². The molecule has 3 rings (SSSR count). The molecule has 33 heavy (non-hydrogen) atoms. The summed E-state index contributed by atoms with van der Waals surface area (Å²) in [5.41, 5.74) is -4.02. The third-order valence-corrected chi connectivity index (χ3v) is 6.20. The summed E-state index contributed by atoms with van der Waals surface area (Å²) in [7, 11) is -3.50. The van der Waals surface area contributed by atoms with Gasteiger partial charge in [-0.2, -0.15) is 30.6 Å². The molecular formula is C17H17F6N5O4S. The standard InChI is InChI=1S/C17H17F6N5O4S/c1-33(31,32)27-4-2-26(3-5-27)14-13(15(29)30)24-25-28(14)9-10-6-11(16(18,19)20)8-12(7-10)17(21,22)23/h6-8H,2-5,9H2,1H3,(H,29,30). The number of aromatic nitrogens is 3. The Morgan fingerprint density at radius 3 is 1.94 bits per heavy atom. The van der Waals surface area contributed by atoms with E-state index < -0.39 is 57.3 Å². The van der Waals surface area contributed by atoms with Gasteiger partial charge in [0, 0.05) is 26.2 Å². The molecule has 1 aliphatic rings. The molecular weight excluding hydrogens is 484 g/mol. The number of benzene rings is 1. The number of hydrogen-bond acceptors (Lipinski definition) is 6. The van der Waals surface area contributed by atoms with E-state index in [0.29, 0.717) is 12.1 Å². The minimum atomic E-state index is -5.05. The maximum atomic E-state index is 13.1. The zero-order valence-electron chi connectivity index (χ0n) is 16.9. The first kappa shape index (κ1) is 24.8. The van der Waals surface area contributed by atoms with Gasteiger partial charge in [0.2, 0.25) is 15.7 Å². The van der Waals surface area contributed by atoms with Crippen LogP contribution in [0.1, 0.15) is 27.2 Å². The first-order valence-corrected chi connectivity index (χ1v) is 11.1. The molecule has 1 fully saturated rings. The molecule has 0 bridgehead atoms. The summed E-state index contributed by atoms with van der Waals surface area (Å²) in [6.45, 7) is -0.626. The highest BCUT2D eigenvalue weighted by atomic mass is 32.2. The lowest BCUT2D eigenvalue weighted by Gasteiger charge is -2.34. The molecule has 2 heterocycles. The summed E-state index contributed by atoms with van der Waals surface area (Å²) < 4.78 is 104. The summed E-state index contributed by atoms with van der Waals surface area (Å²) >= 11 is 0. The fourth-order valence-electron chi connectivity index (χ4n) is 3.38. The van der Waals surface area contributed by atoms with Crippen molar-refractivity contribution < 1.29 is 44.7 Å². The number of nitrogens with zero attached hydrogens (tertiary/aromatic N) is 5. The van der Waals surface area contributed by atoms with Crippen molar-refractivity contribution in [3.05, 3.63) is 40.6 Å². The summed E-state index contributed by atoms with van der Waals surface area (Å²) in [5, 5.41) is 16.5. The monoisotopic (exact) mass is 501 g/mol. The van der Waals surface area contributed by atoms with Crippen molar-refractivity contribution in [3.63, 3.8) is 0 Å². The number of halogens is 6. The van der Waals surface area contributed by atoms with Crippen molar-refractivity contribution in [1.29, 1.82) is 0 Å². The number of carboxylic acid groups (broad SMARTS) is 1. The van der Waals surface area contributed by atoms with Gasteiger partial charge in [0.25, 0.3) is 0 Å². The summed E-state index contributed by atoms with van der Waals surface area (Å²) in [5.74, 6) is -1.66. The Morgan fingerprint density at radius 1 is 1.00 bits per heavy atom. The van der Waals surface area contributed by atoms with Gasteiger partial charge in [0.15, 0.2) is 5.82 Å². The summed E-state index contributed by atoms with van der Waals surface area (Å²) in [6, 6.07) is 1.02. The lowest BCUT2D eigenvalue weighted by Crippen LogP contribution is -2.49. The molecule has 1 saturated heterocycles. The first-order chi connectivity index (χ1) is 15.1. The highest BCUT2D eigenvalue weighted by Crippen LogP contribution is 2.36. The summed E-state index contributed by atoms with van der Waals surface area (Å²) in [6.07, 6.45) is -9.09. The van der Waals surface area contributed by atoms with Crippen LogP contribution in [-0.2, 0) is 28.9 Å². The molecule has 0 atom stereocenters. The van der Waals surface area contributed by atoms with Gasteiger partial charge in [-0.3, -0.25) is 0 Å². The molecule has 0 saturated carbocycles. The Kier molecular flexibility index (Phi) is 6.36. The maximum Gasteiger partial charge on any atom is 0.416 e. The lowest BCUT2D eigenvalue weighted by atomic mass is 10.0. The molecule has 1 aromatic carbocycles. The van der Waals surface area contributed by atoms with Crippen molar-refractivity contribution >= 4 is 21.8 Å². The van der Waals surface area contributed by atoms with Crippen LogP contribution in [0.15, 0.2) is 18.2 Å². The lowest BCUT2D eigenvalue weighted by molar-refractivity contribution is -0.143. The Labute approximate surface area is 183 Å². The number of aromatic carboxylic acids is 1. The quantitative estimate of drug-likeness (QED) is 0.626. The molecule has 0 aliphatic carbocycles. The number of carbonyl (C=O) groups is 1. The van der Waals surface area contributed by atoms with Crippen LogP contribution in [0.3, 0.4) is 0 Å². The van der Waals surface area contributed by atoms with Crippen LogP contribution in [0.5, 0.6) is 0 Å². The number of alkyl halides is 6. The zero-order valence-corrected chi connectivity index (χ0v) is 17.7. The Morgan fingerprint density at radius 2 is 1.52 bits per heavy atom. The van der Waals surface area contributed by atoms with Crippen molar-refractivity contribution in [2.75, 3.05) is 37.3 Å². The van der Waals surface area contributed by atoms with Gasteiger partial charge in [-0.1, -0.05) is 5.21 Å². The van der Waals surface area contributed by atoms with Crippen LogP contribution in [0.2, 0.25) is 0 Å². The molecule has 0 spiro atoms. The van der Waals surface area contributed by atoms with Gasteiger partial charge in [-0.05, 0) is 23.8 Å². The third kappa shape index (κ3) is 5.55. The van der Waals surface area contributed by atoms with Crippen LogP contribution in [0.25, 0.3) is 0 Å². The average Bonchev–Trinajstić information content (AvgIpc) is 3.09. The number of hydrogen-bond donors (Lipinski definition) is 1. The number of carboxylic acids is 1. The molecule has 0 unspecified atom stereocenters. The second-order valence-electron chi connectivity index (χ2n) is 7.29. The van der Waals surface area contributed by atoms with Gasteiger partial charge >= 0.3 is 18.3 Å². The van der Waals surface area contributed by atoms with Crippen molar-refractivity contribution in [2.24, 2.45) is 0 Å². The number of sulfonamides is 1. The molecule has 16 heteroatoms. The molecule has 1 aliphatic heterocycles. The highest BCUT2D eigenvalue weighted by Gasteiger charge is 2.37. The molecule has 0 amide bonds. The molecule has 1 N–H and O–H groups in total. The van der Waals surface area contributed by atoms with Gasteiger partial charge in [-0.15, -0.1) is 5.10 Å². The SMILES string of the molecule is CS(=O)(=O)N1CCN(c2c(C(=O)O)nnn2Cc2cc(C(F)(F)F)cc(C(F)(F)F)c2)CC1. The molecule has 9 nitrogen and oxygen atoms in total.